The minimum atomic E-state index is -0.0994. The number of rotatable bonds is 7. The minimum Gasteiger partial charge on any atom is -0.335 e. The van der Waals surface area contributed by atoms with Crippen LogP contribution < -0.4 is 0 Å². The Morgan fingerprint density at radius 3 is 2.33 bits per heavy atom. The van der Waals surface area contributed by atoms with E-state index >= 15 is 0 Å². The second-order valence-electron chi connectivity index (χ2n) is 6.40. The Hall–Kier alpha value is -3.15. The topological polar surface area (TPSA) is 71.9 Å². The molecule has 3 rings (SSSR count). The van der Waals surface area contributed by atoms with Gasteiger partial charge in [-0.3, -0.25) is 14.8 Å². The molecule has 0 aromatic carbocycles. The molecule has 27 heavy (non-hydrogen) atoms. The normalized spacial score (nSPS) is 11.8. The average molecular weight is 361 g/mol. The molecule has 0 fully saturated rings. The van der Waals surface area contributed by atoms with Crippen LogP contribution in [0.1, 0.15) is 48.1 Å². The van der Waals surface area contributed by atoms with Gasteiger partial charge >= 0.3 is 0 Å². The smallest absolute Gasteiger partial charge is 0.257 e. The van der Waals surface area contributed by atoms with Gasteiger partial charge in [-0.2, -0.15) is 0 Å². The summed E-state index contributed by atoms with van der Waals surface area (Å²) in [5.74, 6) is 0.454. The van der Waals surface area contributed by atoms with Crippen molar-refractivity contribution in [1.82, 2.24) is 24.8 Å². The predicted molar refractivity (Wildman–Crippen MR) is 104 cm³/mol. The van der Waals surface area contributed by atoms with Crippen LogP contribution in [0.15, 0.2) is 61.4 Å². The Kier molecular flexibility index (Phi) is 6.20. The van der Waals surface area contributed by atoms with Crippen molar-refractivity contribution in [3.05, 3.63) is 72.6 Å². The van der Waals surface area contributed by atoms with Crippen molar-refractivity contribution in [1.29, 1.82) is 0 Å². The lowest BCUT2D eigenvalue weighted by Crippen LogP contribution is -2.31. The molecule has 0 aliphatic carbocycles. The molecule has 138 valence electrons. The third-order valence-electron chi connectivity index (χ3n) is 4.51. The van der Waals surface area contributed by atoms with Crippen LogP contribution in [0.25, 0.3) is 11.4 Å². The van der Waals surface area contributed by atoms with Crippen molar-refractivity contribution in [2.75, 3.05) is 7.05 Å². The number of unbranched alkanes of at least 4 members (excludes halogenated alkanes) is 1. The van der Waals surface area contributed by atoms with Gasteiger partial charge in [0.1, 0.15) is 0 Å². The number of carbonyl (C=O) groups is 1. The van der Waals surface area contributed by atoms with Crippen molar-refractivity contribution in [3.63, 3.8) is 0 Å². The maximum Gasteiger partial charge on any atom is 0.257 e. The molecule has 1 amide bonds. The zero-order valence-electron chi connectivity index (χ0n) is 15.6. The van der Waals surface area contributed by atoms with E-state index in [2.05, 4.69) is 26.9 Å². The van der Waals surface area contributed by atoms with E-state index in [0.717, 1.165) is 30.4 Å². The van der Waals surface area contributed by atoms with E-state index in [4.69, 9.17) is 0 Å². The van der Waals surface area contributed by atoms with Crippen LogP contribution in [-0.4, -0.2) is 37.8 Å². The molecule has 0 N–H and O–H groups in total. The number of hydrogen-bond acceptors (Lipinski definition) is 5. The largest absolute Gasteiger partial charge is 0.335 e. The van der Waals surface area contributed by atoms with Crippen LogP contribution in [0, 0.1) is 0 Å². The number of carbonyl (C=O) groups excluding carboxylic acids is 1. The summed E-state index contributed by atoms with van der Waals surface area (Å²) in [7, 11) is 1.82. The third-order valence-corrected chi connectivity index (χ3v) is 4.51. The van der Waals surface area contributed by atoms with Crippen LogP contribution >= 0.6 is 0 Å². The van der Waals surface area contributed by atoms with Crippen LogP contribution in [0.4, 0.5) is 0 Å². The Morgan fingerprint density at radius 2 is 1.74 bits per heavy atom. The fraction of sp³-hybridized carbons (Fsp3) is 0.286. The first-order valence-corrected chi connectivity index (χ1v) is 9.10. The van der Waals surface area contributed by atoms with Crippen molar-refractivity contribution in [2.45, 2.75) is 32.2 Å². The quantitative estimate of drug-likeness (QED) is 0.637. The van der Waals surface area contributed by atoms with Crippen molar-refractivity contribution >= 4 is 5.91 Å². The molecule has 0 unspecified atom stereocenters. The first-order chi connectivity index (χ1) is 13.2. The maximum atomic E-state index is 13.0. The molecule has 1 atom stereocenters. The highest BCUT2D eigenvalue weighted by molar-refractivity contribution is 5.93. The van der Waals surface area contributed by atoms with Crippen molar-refractivity contribution in [3.8, 4) is 11.4 Å². The molecule has 0 aliphatic heterocycles. The maximum absolute atomic E-state index is 13.0. The third kappa shape index (κ3) is 4.53. The van der Waals surface area contributed by atoms with Crippen molar-refractivity contribution in [2.24, 2.45) is 0 Å². The lowest BCUT2D eigenvalue weighted by atomic mass is 10.0. The number of pyridine rings is 2. The lowest BCUT2D eigenvalue weighted by molar-refractivity contribution is 0.0719. The molecule has 0 spiro atoms. The summed E-state index contributed by atoms with van der Waals surface area (Å²) < 4.78 is 0. The fourth-order valence-electron chi connectivity index (χ4n) is 2.98. The molecule has 6 heteroatoms. The Bertz CT molecular complexity index is 853. The molecule has 0 radical (unpaired) electrons. The Labute approximate surface area is 159 Å². The van der Waals surface area contributed by atoms with Gasteiger partial charge in [-0.15, -0.1) is 0 Å². The van der Waals surface area contributed by atoms with Crippen LogP contribution in [0.3, 0.4) is 0 Å². The van der Waals surface area contributed by atoms with Crippen LogP contribution in [-0.2, 0) is 0 Å². The molecule has 0 bridgehead atoms. The number of aromatic nitrogens is 4. The van der Waals surface area contributed by atoms with E-state index in [1.807, 2.05) is 37.5 Å². The van der Waals surface area contributed by atoms with Gasteiger partial charge in [0.25, 0.3) is 5.91 Å². The molecule has 0 saturated carbocycles. The predicted octanol–water partition coefficient (Wildman–Crippen LogP) is 3.94. The van der Waals surface area contributed by atoms with Crippen molar-refractivity contribution < 1.29 is 4.79 Å². The minimum absolute atomic E-state index is 0.0239. The van der Waals surface area contributed by atoms with Crippen LogP contribution in [0.2, 0.25) is 0 Å². The number of hydrogen-bond donors (Lipinski definition) is 0. The molecule has 0 saturated heterocycles. The summed E-state index contributed by atoms with van der Waals surface area (Å²) in [5.41, 5.74) is 2.33. The van der Waals surface area contributed by atoms with Gasteiger partial charge < -0.3 is 4.90 Å². The van der Waals surface area contributed by atoms with Gasteiger partial charge in [-0.25, -0.2) is 9.97 Å². The van der Waals surface area contributed by atoms with E-state index in [9.17, 15) is 4.79 Å². The van der Waals surface area contributed by atoms with Gasteiger partial charge in [0.15, 0.2) is 5.82 Å². The zero-order chi connectivity index (χ0) is 19.1. The first-order valence-electron chi connectivity index (χ1n) is 9.10. The van der Waals surface area contributed by atoms with E-state index < -0.39 is 0 Å². The molecule has 3 aromatic rings. The van der Waals surface area contributed by atoms with Gasteiger partial charge in [-0.1, -0.05) is 25.8 Å². The van der Waals surface area contributed by atoms with Gasteiger partial charge in [0, 0.05) is 49.8 Å². The monoisotopic (exact) mass is 361 g/mol. The highest BCUT2D eigenvalue weighted by Gasteiger charge is 2.23. The lowest BCUT2D eigenvalue weighted by Gasteiger charge is -2.28. The summed E-state index contributed by atoms with van der Waals surface area (Å²) in [6.45, 7) is 2.15. The summed E-state index contributed by atoms with van der Waals surface area (Å²) in [6, 6.07) is 7.61. The standard InChI is InChI=1S/C21H23N5O/c1-3-4-9-19(16-7-5-10-22-12-16)26(2)21(27)18-14-24-20(25-15-18)17-8-6-11-23-13-17/h5-8,10-15,19H,3-4,9H2,1-2H3/t19-/m1/s1. The Morgan fingerprint density at radius 1 is 1.04 bits per heavy atom. The van der Waals surface area contributed by atoms with E-state index in [0.29, 0.717) is 11.4 Å². The summed E-state index contributed by atoms with van der Waals surface area (Å²) in [4.78, 5) is 31.7. The molecular formula is C21H23N5O. The SMILES string of the molecule is CCCC[C@H](c1cccnc1)N(C)C(=O)c1cnc(-c2cccnc2)nc1. The summed E-state index contributed by atoms with van der Waals surface area (Å²) >= 11 is 0. The highest BCUT2D eigenvalue weighted by Crippen LogP contribution is 2.26. The summed E-state index contributed by atoms with van der Waals surface area (Å²) in [5, 5.41) is 0. The number of nitrogens with zero attached hydrogens (tertiary/aromatic N) is 5. The zero-order valence-corrected chi connectivity index (χ0v) is 15.6. The molecule has 3 heterocycles. The highest BCUT2D eigenvalue weighted by atomic mass is 16.2. The first kappa shape index (κ1) is 18.6. The van der Waals surface area contributed by atoms with E-state index in [1.165, 1.54) is 0 Å². The second-order valence-corrected chi connectivity index (χ2v) is 6.40. The molecule has 0 aliphatic rings. The van der Waals surface area contributed by atoms with E-state index in [1.54, 1.807) is 35.9 Å². The second kappa shape index (κ2) is 8.98. The van der Waals surface area contributed by atoms with E-state index in [-0.39, 0.29) is 11.9 Å². The Balaban J connectivity index is 1.80. The van der Waals surface area contributed by atoms with Gasteiger partial charge in [-0.05, 0) is 30.2 Å². The van der Waals surface area contributed by atoms with Gasteiger partial charge in [0.2, 0.25) is 0 Å². The number of amides is 1. The average Bonchev–Trinajstić information content (AvgIpc) is 2.75. The fourth-order valence-corrected chi connectivity index (χ4v) is 2.98. The van der Waals surface area contributed by atoms with Crippen LogP contribution in [0.5, 0.6) is 0 Å². The molecular weight excluding hydrogens is 338 g/mol. The molecule has 6 nitrogen and oxygen atoms in total. The summed E-state index contributed by atoms with van der Waals surface area (Å²) in [6.07, 6.45) is 13.1. The molecule has 3 aromatic heterocycles. The van der Waals surface area contributed by atoms with Gasteiger partial charge in [0.05, 0.1) is 11.6 Å².